The van der Waals surface area contributed by atoms with Crippen molar-refractivity contribution < 1.29 is 9.53 Å². The molecule has 0 bridgehead atoms. The lowest BCUT2D eigenvalue weighted by Gasteiger charge is -2.15. The molecule has 1 amide bonds. The maximum atomic E-state index is 12.2. The van der Waals surface area contributed by atoms with Gasteiger partial charge in [-0.3, -0.25) is 4.79 Å². The van der Waals surface area contributed by atoms with Gasteiger partial charge in [0.2, 0.25) is 0 Å². The Labute approximate surface area is 119 Å². The molecule has 4 heteroatoms. The molecule has 1 aliphatic rings. The van der Waals surface area contributed by atoms with Gasteiger partial charge in [0.25, 0.3) is 5.91 Å². The highest BCUT2D eigenvalue weighted by Crippen LogP contribution is 2.48. The van der Waals surface area contributed by atoms with Crippen LogP contribution in [0.15, 0.2) is 24.3 Å². The summed E-state index contributed by atoms with van der Waals surface area (Å²) >= 11 is 5.79. The van der Waals surface area contributed by atoms with Crippen molar-refractivity contribution in [2.45, 2.75) is 26.2 Å². The molecule has 1 fully saturated rings. The maximum absolute atomic E-state index is 12.2. The minimum absolute atomic E-state index is 0.0649. The van der Waals surface area contributed by atoms with Gasteiger partial charge in [0.15, 0.2) is 0 Å². The lowest BCUT2D eigenvalue weighted by Crippen LogP contribution is -2.30. The number of alkyl halides is 1. The van der Waals surface area contributed by atoms with Gasteiger partial charge >= 0.3 is 0 Å². The van der Waals surface area contributed by atoms with Crippen LogP contribution in [0.2, 0.25) is 0 Å². The third-order valence-corrected chi connectivity index (χ3v) is 3.83. The first-order valence-electron chi connectivity index (χ1n) is 6.77. The lowest BCUT2D eigenvalue weighted by atomic mass is 10.0. The highest BCUT2D eigenvalue weighted by molar-refractivity contribution is 6.17. The Hall–Kier alpha value is -1.22. The predicted octanol–water partition coefficient (Wildman–Crippen LogP) is 3.22. The largest absolute Gasteiger partial charge is 0.493 e. The van der Waals surface area contributed by atoms with Gasteiger partial charge in [-0.1, -0.05) is 12.1 Å². The van der Waals surface area contributed by atoms with Crippen LogP contribution in [-0.2, 0) is 0 Å². The maximum Gasteiger partial charge on any atom is 0.255 e. The summed E-state index contributed by atoms with van der Waals surface area (Å²) in [5.41, 5.74) is 0.851. The van der Waals surface area contributed by atoms with Gasteiger partial charge in [-0.05, 0) is 43.7 Å². The van der Waals surface area contributed by atoms with E-state index in [2.05, 4.69) is 5.32 Å². The highest BCUT2D eigenvalue weighted by atomic mass is 35.5. The highest BCUT2D eigenvalue weighted by Gasteiger charge is 2.41. The Bertz CT molecular complexity index is 444. The molecule has 19 heavy (non-hydrogen) atoms. The molecule has 0 aromatic heterocycles. The monoisotopic (exact) mass is 281 g/mol. The van der Waals surface area contributed by atoms with Gasteiger partial charge in [-0.15, -0.1) is 11.6 Å². The molecule has 0 spiro atoms. The number of nitrogens with one attached hydrogen (secondary N) is 1. The molecule has 104 valence electrons. The third-order valence-electron chi connectivity index (χ3n) is 3.64. The number of halogens is 1. The molecule has 0 heterocycles. The molecule has 0 aliphatic heterocycles. The van der Waals surface area contributed by atoms with Crippen LogP contribution in [-0.4, -0.2) is 24.9 Å². The first kappa shape index (κ1) is 14.2. The second-order valence-corrected chi connectivity index (χ2v) is 5.43. The van der Waals surface area contributed by atoms with Crippen LogP contribution >= 0.6 is 11.6 Å². The van der Waals surface area contributed by atoms with E-state index in [1.807, 2.05) is 25.1 Å². The quantitative estimate of drug-likeness (QED) is 0.779. The Balaban J connectivity index is 1.96. The van der Waals surface area contributed by atoms with Gasteiger partial charge in [-0.25, -0.2) is 0 Å². The van der Waals surface area contributed by atoms with Crippen LogP contribution in [0, 0.1) is 5.41 Å². The molecule has 0 saturated heterocycles. The van der Waals surface area contributed by atoms with E-state index in [0.29, 0.717) is 30.3 Å². The number of amides is 1. The van der Waals surface area contributed by atoms with Gasteiger partial charge < -0.3 is 10.1 Å². The fraction of sp³-hybridized carbons (Fsp3) is 0.533. The van der Waals surface area contributed by atoms with Crippen LogP contribution in [0.5, 0.6) is 5.75 Å². The molecule has 1 N–H and O–H groups in total. The number of ether oxygens (including phenoxy) is 1. The van der Waals surface area contributed by atoms with Gasteiger partial charge in [0, 0.05) is 12.4 Å². The first-order valence-corrected chi connectivity index (χ1v) is 7.30. The zero-order valence-electron chi connectivity index (χ0n) is 11.2. The van der Waals surface area contributed by atoms with E-state index >= 15 is 0 Å². The first-order chi connectivity index (χ1) is 9.21. The average Bonchev–Trinajstić information content (AvgIpc) is 3.18. The fourth-order valence-electron chi connectivity index (χ4n) is 2.19. The number of carbonyl (C=O) groups excluding carboxylic acids is 1. The van der Waals surface area contributed by atoms with Gasteiger partial charge in [0.05, 0.1) is 12.2 Å². The van der Waals surface area contributed by atoms with Crippen LogP contribution in [0.4, 0.5) is 0 Å². The number of hydrogen-bond donors (Lipinski definition) is 1. The van der Waals surface area contributed by atoms with E-state index in [-0.39, 0.29) is 11.3 Å². The Kier molecular flexibility index (Phi) is 4.70. The number of hydrogen-bond acceptors (Lipinski definition) is 2. The normalized spacial score (nSPS) is 15.9. The minimum atomic E-state index is -0.0649. The smallest absolute Gasteiger partial charge is 0.255 e. The van der Waals surface area contributed by atoms with Crippen molar-refractivity contribution in [1.82, 2.24) is 5.32 Å². The van der Waals surface area contributed by atoms with E-state index in [9.17, 15) is 4.79 Å². The Morgan fingerprint density at radius 3 is 2.79 bits per heavy atom. The van der Waals surface area contributed by atoms with Gasteiger partial charge in [0.1, 0.15) is 5.75 Å². The van der Waals surface area contributed by atoms with E-state index in [4.69, 9.17) is 16.3 Å². The molecule has 1 aromatic rings. The summed E-state index contributed by atoms with van der Waals surface area (Å²) in [6.07, 6.45) is 3.29. The van der Waals surface area contributed by atoms with Crippen LogP contribution < -0.4 is 10.1 Å². The molecule has 1 aliphatic carbocycles. The predicted molar refractivity (Wildman–Crippen MR) is 76.9 cm³/mol. The topological polar surface area (TPSA) is 38.3 Å². The molecular weight excluding hydrogens is 262 g/mol. The Morgan fingerprint density at radius 2 is 2.16 bits per heavy atom. The molecule has 3 nitrogen and oxygen atoms in total. The summed E-state index contributed by atoms with van der Waals surface area (Å²) in [5.74, 6) is 1.24. The molecule has 0 radical (unpaired) electrons. The van der Waals surface area contributed by atoms with Crippen molar-refractivity contribution >= 4 is 17.5 Å². The standard InChI is InChI=1S/C15H20ClNO2/c1-2-19-13-6-4-3-5-12(13)14(18)17-11-15(7-8-15)9-10-16/h3-6H,2,7-11H2,1H3,(H,17,18). The van der Waals surface area contributed by atoms with E-state index in [1.54, 1.807) is 6.07 Å². The molecule has 0 unspecified atom stereocenters. The number of benzene rings is 1. The SMILES string of the molecule is CCOc1ccccc1C(=O)NCC1(CCCl)CC1. The van der Waals surface area contributed by atoms with Crippen molar-refractivity contribution in [1.29, 1.82) is 0 Å². The van der Waals surface area contributed by atoms with Crippen molar-refractivity contribution in [3.63, 3.8) is 0 Å². The summed E-state index contributed by atoms with van der Waals surface area (Å²) in [6.45, 7) is 3.17. The molecule has 1 aromatic carbocycles. The lowest BCUT2D eigenvalue weighted by molar-refractivity contribution is 0.0940. The summed E-state index contributed by atoms with van der Waals surface area (Å²) in [5, 5.41) is 3.01. The number of para-hydroxylation sites is 1. The summed E-state index contributed by atoms with van der Waals surface area (Å²) in [6, 6.07) is 7.34. The molecule has 1 saturated carbocycles. The summed E-state index contributed by atoms with van der Waals surface area (Å²) in [7, 11) is 0. The van der Waals surface area contributed by atoms with Crippen molar-refractivity contribution in [3.05, 3.63) is 29.8 Å². The summed E-state index contributed by atoms with van der Waals surface area (Å²) in [4.78, 5) is 12.2. The molecular formula is C15H20ClNO2. The minimum Gasteiger partial charge on any atom is -0.493 e. The van der Waals surface area contributed by atoms with Gasteiger partial charge in [-0.2, -0.15) is 0 Å². The second-order valence-electron chi connectivity index (χ2n) is 5.05. The molecule has 0 atom stereocenters. The summed E-state index contributed by atoms with van der Waals surface area (Å²) < 4.78 is 5.47. The van der Waals surface area contributed by atoms with E-state index < -0.39 is 0 Å². The van der Waals surface area contributed by atoms with Crippen LogP contribution in [0.25, 0.3) is 0 Å². The van der Waals surface area contributed by atoms with Crippen molar-refractivity contribution in [2.75, 3.05) is 19.0 Å². The fourth-order valence-corrected chi connectivity index (χ4v) is 2.59. The second kappa shape index (κ2) is 6.29. The molecule has 2 rings (SSSR count). The average molecular weight is 282 g/mol. The zero-order chi connectivity index (χ0) is 13.7. The van der Waals surface area contributed by atoms with E-state index in [1.165, 1.54) is 0 Å². The van der Waals surface area contributed by atoms with E-state index in [0.717, 1.165) is 19.3 Å². The Morgan fingerprint density at radius 1 is 1.42 bits per heavy atom. The zero-order valence-corrected chi connectivity index (χ0v) is 12.0. The number of rotatable bonds is 7. The number of carbonyl (C=O) groups is 1. The van der Waals surface area contributed by atoms with Crippen molar-refractivity contribution in [2.24, 2.45) is 5.41 Å². The van der Waals surface area contributed by atoms with Crippen LogP contribution in [0.3, 0.4) is 0 Å². The van der Waals surface area contributed by atoms with Crippen molar-refractivity contribution in [3.8, 4) is 5.75 Å². The third kappa shape index (κ3) is 3.63. The van der Waals surface area contributed by atoms with Crippen LogP contribution in [0.1, 0.15) is 36.5 Å².